The number of nitrogens with one attached hydrogen (secondary N) is 1. The largest absolute Gasteiger partial charge is 0.458 e. The molecule has 40 heavy (non-hydrogen) atoms. The van der Waals surface area contributed by atoms with Gasteiger partial charge in [0.2, 0.25) is 5.43 Å². The molecule has 4 heterocycles. The minimum Gasteiger partial charge on any atom is -0.458 e. The fourth-order valence-electron chi connectivity index (χ4n) is 4.55. The van der Waals surface area contributed by atoms with Gasteiger partial charge in [-0.3, -0.25) is 9.59 Å². The lowest BCUT2D eigenvalue weighted by atomic mass is 9.97. The molecule has 3 N–H and O–H groups in total. The second-order valence-electron chi connectivity index (χ2n) is 9.06. The number of hydrogen-bond donors (Lipinski definition) is 2. The number of amides is 1. The van der Waals surface area contributed by atoms with E-state index in [1.165, 1.54) is 15.9 Å². The number of carbonyl (C=O) groups is 1. The molecule has 4 aromatic heterocycles. The summed E-state index contributed by atoms with van der Waals surface area (Å²) in [6, 6.07) is 15.5. The van der Waals surface area contributed by atoms with Crippen LogP contribution in [-0.4, -0.2) is 25.5 Å². The van der Waals surface area contributed by atoms with E-state index in [2.05, 4.69) is 32.2 Å². The van der Waals surface area contributed by atoms with Gasteiger partial charge in [0.15, 0.2) is 11.5 Å². The van der Waals surface area contributed by atoms with Crippen LogP contribution in [0.5, 0.6) is 0 Å². The van der Waals surface area contributed by atoms with Gasteiger partial charge < -0.3 is 15.5 Å². The number of nitrogen functional groups attached to an aromatic ring is 1. The van der Waals surface area contributed by atoms with Crippen LogP contribution in [-0.2, 0) is 0 Å². The summed E-state index contributed by atoms with van der Waals surface area (Å²) in [4.78, 5) is 36.1. The molecule has 0 bridgehead atoms. The van der Waals surface area contributed by atoms with Crippen molar-refractivity contribution in [3.05, 3.63) is 110 Å². The second kappa shape index (κ2) is 10.1. The first kappa shape index (κ1) is 25.0. The fourth-order valence-corrected chi connectivity index (χ4v) is 5.10. The number of nitrogens with two attached hydrogens (primary N) is 1. The molecule has 0 aliphatic heterocycles. The van der Waals surface area contributed by atoms with Gasteiger partial charge in [-0.2, -0.15) is 0 Å². The van der Waals surface area contributed by atoms with Crippen LogP contribution in [0.25, 0.3) is 27.7 Å². The van der Waals surface area contributed by atoms with Gasteiger partial charge in [0.25, 0.3) is 5.91 Å². The normalized spacial score (nSPS) is 11.8. The van der Waals surface area contributed by atoms with Crippen molar-refractivity contribution in [2.45, 2.75) is 19.9 Å². The summed E-state index contributed by atoms with van der Waals surface area (Å²) < 4.78 is 7.80. The van der Waals surface area contributed by atoms with Gasteiger partial charge in [0, 0.05) is 23.3 Å². The maximum absolute atomic E-state index is 14.1. The van der Waals surface area contributed by atoms with Gasteiger partial charge in [0.1, 0.15) is 22.6 Å². The quantitative estimate of drug-likeness (QED) is 0.306. The van der Waals surface area contributed by atoms with Crippen molar-refractivity contribution in [2.75, 3.05) is 5.73 Å². The van der Waals surface area contributed by atoms with E-state index in [-0.39, 0.29) is 16.8 Å². The number of benzene rings is 2. The van der Waals surface area contributed by atoms with Gasteiger partial charge in [0.05, 0.1) is 22.0 Å². The third-order valence-corrected chi connectivity index (χ3v) is 7.12. The van der Waals surface area contributed by atoms with Crippen LogP contribution in [0.3, 0.4) is 0 Å². The van der Waals surface area contributed by atoms with Gasteiger partial charge in [-0.05, 0) is 43.5 Å². The minimum atomic E-state index is -0.703. The monoisotopic (exact) mass is 546 g/mol. The van der Waals surface area contributed by atoms with Gasteiger partial charge in [-0.25, -0.2) is 14.5 Å². The van der Waals surface area contributed by atoms with Crippen molar-refractivity contribution in [2.24, 2.45) is 0 Å². The van der Waals surface area contributed by atoms with Crippen LogP contribution >= 0.6 is 11.3 Å². The van der Waals surface area contributed by atoms with E-state index in [1.54, 1.807) is 43.6 Å². The van der Waals surface area contributed by atoms with Crippen LogP contribution in [0, 0.1) is 18.8 Å². The maximum atomic E-state index is 14.1. The Labute approximate surface area is 232 Å². The molecule has 0 aliphatic rings. The first-order chi connectivity index (χ1) is 19.4. The third-order valence-electron chi connectivity index (χ3n) is 6.34. The predicted octanol–water partition coefficient (Wildman–Crippen LogP) is 4.74. The predicted molar refractivity (Wildman–Crippen MR) is 154 cm³/mol. The Hall–Kier alpha value is -5.27. The average Bonchev–Trinajstić information content (AvgIpc) is 3.53. The van der Waals surface area contributed by atoms with E-state index in [1.807, 2.05) is 42.6 Å². The molecule has 196 valence electrons. The topological polar surface area (TPSA) is 128 Å². The summed E-state index contributed by atoms with van der Waals surface area (Å²) in [6.07, 6.45) is 3.22. The molecule has 0 saturated heterocycles. The number of nitrogens with zero attached hydrogens (tertiary/aromatic N) is 4. The molecule has 0 saturated carbocycles. The number of aryl methyl sites for hydroxylation is 1. The number of rotatable bonds is 4. The van der Waals surface area contributed by atoms with Crippen LogP contribution in [0.2, 0.25) is 0 Å². The number of anilines is 1. The molecule has 9 nitrogen and oxygen atoms in total. The third kappa shape index (κ3) is 4.48. The molecule has 6 aromatic rings. The Morgan fingerprint density at radius 3 is 2.73 bits per heavy atom. The van der Waals surface area contributed by atoms with Crippen molar-refractivity contribution in [1.82, 2.24) is 24.9 Å². The fraction of sp³-hybridized carbons (Fsp3) is 0.100. The minimum absolute atomic E-state index is 0.0465. The number of aromatic nitrogens is 4. The maximum Gasteiger partial charge on any atom is 0.259 e. The van der Waals surface area contributed by atoms with E-state index in [9.17, 15) is 9.59 Å². The van der Waals surface area contributed by atoms with Crippen molar-refractivity contribution >= 4 is 39.7 Å². The Bertz CT molecular complexity index is 2030. The first-order valence-electron chi connectivity index (χ1n) is 12.4. The van der Waals surface area contributed by atoms with E-state index < -0.39 is 11.9 Å². The highest BCUT2D eigenvalue weighted by atomic mass is 32.1. The number of fused-ring (bicyclic) bond motifs is 2. The lowest BCUT2D eigenvalue weighted by molar-refractivity contribution is 0.0938. The molecular formula is C30H22N6O3S. The van der Waals surface area contributed by atoms with Crippen LogP contribution < -0.4 is 16.5 Å². The molecule has 0 aliphatic carbocycles. The highest BCUT2D eigenvalue weighted by Gasteiger charge is 2.26. The van der Waals surface area contributed by atoms with E-state index in [4.69, 9.17) is 10.2 Å². The number of carbonyl (C=O) groups excluding carboxylic acids is 1. The second-order valence-corrected chi connectivity index (χ2v) is 10.1. The van der Waals surface area contributed by atoms with Crippen molar-refractivity contribution in [3.63, 3.8) is 0 Å². The SMILES string of the molecule is Cc1nc(C#Cc2cccc3oc(C(C)NC(=O)c4c(N)nn5cccnc45)c(-c4ccccc4)c(=O)c23)cs1. The van der Waals surface area contributed by atoms with Crippen LogP contribution in [0.4, 0.5) is 5.82 Å². The molecule has 2 aromatic carbocycles. The van der Waals surface area contributed by atoms with Crippen molar-refractivity contribution < 1.29 is 9.21 Å². The summed E-state index contributed by atoms with van der Waals surface area (Å²) in [7, 11) is 0. The number of thiazole rings is 1. The Kier molecular flexibility index (Phi) is 6.34. The standard InChI is InChI=1S/C30H22N6O3S/c1-17(33-30(38)25-28(31)35-36-15-7-14-32-29(25)36)27-24(19-8-4-3-5-9-19)26(37)23-20(10-6-11-22(23)39-27)12-13-21-16-40-18(2)34-21/h3-11,14-17H,1-2H3,(H2,31,35)(H,33,38). The molecule has 1 unspecified atom stereocenters. The van der Waals surface area contributed by atoms with E-state index in [0.717, 1.165) is 5.01 Å². The molecule has 1 atom stereocenters. The summed E-state index contributed by atoms with van der Waals surface area (Å²) in [5.41, 5.74) is 8.80. The molecule has 1 amide bonds. The highest BCUT2D eigenvalue weighted by molar-refractivity contribution is 7.09. The Balaban J connectivity index is 1.48. The van der Waals surface area contributed by atoms with Gasteiger partial charge >= 0.3 is 0 Å². The summed E-state index contributed by atoms with van der Waals surface area (Å²) in [5.74, 6) is 6.00. The summed E-state index contributed by atoms with van der Waals surface area (Å²) in [5, 5.41) is 10.2. The lowest BCUT2D eigenvalue weighted by Crippen LogP contribution is -2.28. The van der Waals surface area contributed by atoms with Crippen molar-refractivity contribution in [3.8, 4) is 23.0 Å². The van der Waals surface area contributed by atoms with E-state index in [0.29, 0.717) is 44.8 Å². The number of hydrogen-bond acceptors (Lipinski definition) is 8. The van der Waals surface area contributed by atoms with Crippen LogP contribution in [0.1, 0.15) is 45.3 Å². The molecule has 10 heteroatoms. The van der Waals surface area contributed by atoms with Gasteiger partial charge in [-0.15, -0.1) is 16.4 Å². The molecule has 0 radical (unpaired) electrons. The zero-order valence-corrected chi connectivity index (χ0v) is 22.3. The summed E-state index contributed by atoms with van der Waals surface area (Å²) in [6.45, 7) is 3.66. The first-order valence-corrected chi connectivity index (χ1v) is 13.3. The molecule has 6 rings (SSSR count). The van der Waals surface area contributed by atoms with Gasteiger partial charge in [-0.1, -0.05) is 42.3 Å². The van der Waals surface area contributed by atoms with Crippen LogP contribution in [0.15, 0.2) is 81.6 Å². The Morgan fingerprint density at radius 2 is 1.95 bits per heavy atom. The summed E-state index contributed by atoms with van der Waals surface area (Å²) >= 11 is 1.51. The zero-order chi connectivity index (χ0) is 27.8. The zero-order valence-electron chi connectivity index (χ0n) is 21.5. The van der Waals surface area contributed by atoms with Crippen molar-refractivity contribution in [1.29, 1.82) is 0 Å². The molecular weight excluding hydrogens is 524 g/mol. The average molecular weight is 547 g/mol. The smallest absolute Gasteiger partial charge is 0.259 e. The molecule has 0 fully saturated rings. The Morgan fingerprint density at radius 1 is 1.12 bits per heavy atom. The van der Waals surface area contributed by atoms with E-state index >= 15 is 0 Å². The lowest BCUT2D eigenvalue weighted by Gasteiger charge is -2.18. The molecule has 0 spiro atoms. The highest BCUT2D eigenvalue weighted by Crippen LogP contribution is 2.30.